The lowest BCUT2D eigenvalue weighted by molar-refractivity contribution is 0.0695. The van der Waals surface area contributed by atoms with Gasteiger partial charge in [0.15, 0.2) is 0 Å². The van der Waals surface area contributed by atoms with Crippen LogP contribution in [0.3, 0.4) is 0 Å². The van der Waals surface area contributed by atoms with E-state index in [1.807, 2.05) is 0 Å². The molecule has 0 bridgehead atoms. The second-order valence-corrected chi connectivity index (χ2v) is 3.25. The maximum atomic E-state index is 10.8. The summed E-state index contributed by atoms with van der Waals surface area (Å²) in [5, 5.41) is 8.82. The van der Waals surface area contributed by atoms with E-state index >= 15 is 0 Å². The van der Waals surface area contributed by atoms with E-state index in [1.54, 1.807) is 25.3 Å². The zero-order valence-corrected chi connectivity index (χ0v) is 8.99. The topological polar surface area (TPSA) is 85.2 Å². The predicted molar refractivity (Wildman–Crippen MR) is 58.0 cm³/mol. The number of hydrogen-bond donors (Lipinski definition) is 1. The number of aromatic carboxylic acids is 1. The molecular formula is C11H9N3O3. The standard InChI is InChI=1S/C11H9N3O3/c1-7-9(10(15)16)6-13-11(14-7)17-8-3-2-4-12-5-8/h2-6H,1H3,(H,15,16). The lowest BCUT2D eigenvalue weighted by Crippen LogP contribution is -2.04. The second kappa shape index (κ2) is 4.56. The van der Waals surface area contributed by atoms with Crippen molar-refractivity contribution >= 4 is 5.97 Å². The normalized spacial score (nSPS) is 9.94. The highest BCUT2D eigenvalue weighted by Gasteiger charge is 2.10. The number of pyridine rings is 1. The van der Waals surface area contributed by atoms with Crippen molar-refractivity contribution in [2.75, 3.05) is 0 Å². The van der Waals surface area contributed by atoms with Gasteiger partial charge in [-0.15, -0.1) is 0 Å². The molecule has 2 aromatic rings. The Kier molecular flexibility index (Phi) is 2.95. The van der Waals surface area contributed by atoms with Gasteiger partial charge in [0.25, 0.3) is 0 Å². The lowest BCUT2D eigenvalue weighted by Gasteiger charge is -2.04. The van der Waals surface area contributed by atoms with Crippen molar-refractivity contribution in [3.05, 3.63) is 42.0 Å². The van der Waals surface area contributed by atoms with E-state index < -0.39 is 5.97 Å². The molecule has 86 valence electrons. The van der Waals surface area contributed by atoms with E-state index in [2.05, 4.69) is 15.0 Å². The zero-order chi connectivity index (χ0) is 12.3. The summed E-state index contributed by atoms with van der Waals surface area (Å²) in [5.74, 6) is -0.564. The van der Waals surface area contributed by atoms with Crippen molar-refractivity contribution < 1.29 is 14.6 Å². The van der Waals surface area contributed by atoms with Gasteiger partial charge >= 0.3 is 12.0 Å². The number of nitrogens with zero attached hydrogens (tertiary/aromatic N) is 3. The molecule has 0 aromatic carbocycles. The van der Waals surface area contributed by atoms with Crippen LogP contribution >= 0.6 is 0 Å². The molecule has 2 heterocycles. The molecule has 0 radical (unpaired) electrons. The molecule has 0 unspecified atom stereocenters. The molecule has 2 aromatic heterocycles. The third-order valence-electron chi connectivity index (χ3n) is 2.03. The summed E-state index contributed by atoms with van der Waals surface area (Å²) in [6.45, 7) is 1.58. The van der Waals surface area contributed by atoms with Gasteiger partial charge in [-0.05, 0) is 19.1 Å². The molecule has 17 heavy (non-hydrogen) atoms. The molecule has 0 amide bonds. The summed E-state index contributed by atoms with van der Waals surface area (Å²) in [6.07, 6.45) is 4.35. The summed E-state index contributed by atoms with van der Waals surface area (Å²) in [4.78, 5) is 22.4. The van der Waals surface area contributed by atoms with E-state index in [0.29, 0.717) is 11.4 Å². The maximum Gasteiger partial charge on any atom is 0.339 e. The van der Waals surface area contributed by atoms with E-state index in [4.69, 9.17) is 9.84 Å². The molecule has 2 rings (SSSR count). The molecule has 0 atom stereocenters. The first-order valence-electron chi connectivity index (χ1n) is 4.81. The van der Waals surface area contributed by atoms with Gasteiger partial charge in [-0.3, -0.25) is 4.98 Å². The minimum atomic E-state index is -1.06. The van der Waals surface area contributed by atoms with Crippen LogP contribution in [0.5, 0.6) is 11.8 Å². The Balaban J connectivity index is 2.24. The van der Waals surface area contributed by atoms with Gasteiger partial charge in [0.2, 0.25) is 0 Å². The molecule has 0 saturated heterocycles. The van der Waals surface area contributed by atoms with E-state index in [0.717, 1.165) is 0 Å². The minimum Gasteiger partial charge on any atom is -0.478 e. The highest BCUT2D eigenvalue weighted by molar-refractivity contribution is 5.88. The van der Waals surface area contributed by atoms with Gasteiger partial charge in [0.1, 0.15) is 5.75 Å². The first kappa shape index (κ1) is 11.0. The van der Waals surface area contributed by atoms with Crippen LogP contribution in [0, 0.1) is 6.92 Å². The molecule has 0 aliphatic rings. The molecule has 0 saturated carbocycles. The van der Waals surface area contributed by atoms with Gasteiger partial charge in [0.05, 0.1) is 17.5 Å². The highest BCUT2D eigenvalue weighted by atomic mass is 16.5. The molecule has 1 N–H and O–H groups in total. The average molecular weight is 231 g/mol. The Bertz CT molecular complexity index is 543. The van der Waals surface area contributed by atoms with Gasteiger partial charge < -0.3 is 9.84 Å². The van der Waals surface area contributed by atoms with Crippen LogP contribution < -0.4 is 4.74 Å². The SMILES string of the molecule is Cc1nc(Oc2cccnc2)ncc1C(=O)O. The molecule has 0 aliphatic carbocycles. The summed E-state index contributed by atoms with van der Waals surface area (Å²) in [7, 11) is 0. The predicted octanol–water partition coefficient (Wildman–Crippen LogP) is 1.67. The first-order chi connectivity index (χ1) is 8.16. The van der Waals surface area contributed by atoms with Gasteiger partial charge in [-0.1, -0.05) is 0 Å². The number of hydrogen-bond acceptors (Lipinski definition) is 5. The van der Waals surface area contributed by atoms with E-state index in [9.17, 15) is 4.79 Å². The number of aromatic nitrogens is 3. The number of carboxylic acids is 1. The quantitative estimate of drug-likeness (QED) is 0.864. The molecule has 6 heteroatoms. The first-order valence-corrected chi connectivity index (χ1v) is 4.81. The smallest absolute Gasteiger partial charge is 0.339 e. The van der Waals surface area contributed by atoms with Crippen LogP contribution in [0.4, 0.5) is 0 Å². The van der Waals surface area contributed by atoms with Crippen LogP contribution in [-0.2, 0) is 0 Å². The molecule has 0 fully saturated rings. The Morgan fingerprint density at radius 2 is 2.24 bits per heavy atom. The van der Waals surface area contributed by atoms with Crippen molar-refractivity contribution in [3.63, 3.8) is 0 Å². The summed E-state index contributed by atoms with van der Waals surface area (Å²) < 4.78 is 5.32. The number of rotatable bonds is 3. The monoisotopic (exact) mass is 231 g/mol. The second-order valence-electron chi connectivity index (χ2n) is 3.25. The van der Waals surface area contributed by atoms with Crippen molar-refractivity contribution in [1.82, 2.24) is 15.0 Å². The number of carboxylic acid groups (broad SMARTS) is 1. The number of carbonyl (C=O) groups is 1. The molecule has 0 aliphatic heterocycles. The van der Waals surface area contributed by atoms with E-state index in [1.165, 1.54) is 12.4 Å². The van der Waals surface area contributed by atoms with Gasteiger partial charge in [0, 0.05) is 12.4 Å². The van der Waals surface area contributed by atoms with E-state index in [-0.39, 0.29) is 11.6 Å². The Morgan fingerprint density at radius 1 is 1.41 bits per heavy atom. The maximum absolute atomic E-state index is 10.8. The fourth-order valence-corrected chi connectivity index (χ4v) is 1.22. The summed E-state index contributed by atoms with van der Waals surface area (Å²) in [5.41, 5.74) is 0.412. The summed E-state index contributed by atoms with van der Waals surface area (Å²) in [6, 6.07) is 3.52. The van der Waals surface area contributed by atoms with Crippen molar-refractivity contribution in [2.45, 2.75) is 6.92 Å². The van der Waals surface area contributed by atoms with Gasteiger partial charge in [-0.2, -0.15) is 4.98 Å². The average Bonchev–Trinajstić information content (AvgIpc) is 2.30. The molecule has 0 spiro atoms. The Labute approximate surface area is 96.9 Å². The third-order valence-corrected chi connectivity index (χ3v) is 2.03. The lowest BCUT2D eigenvalue weighted by atomic mass is 10.2. The van der Waals surface area contributed by atoms with Crippen molar-refractivity contribution in [1.29, 1.82) is 0 Å². The fraction of sp³-hybridized carbons (Fsp3) is 0.0909. The number of ether oxygens (including phenoxy) is 1. The van der Waals surface area contributed by atoms with Crippen LogP contribution in [-0.4, -0.2) is 26.0 Å². The van der Waals surface area contributed by atoms with Gasteiger partial charge in [-0.25, -0.2) is 9.78 Å². The Morgan fingerprint density at radius 3 is 2.82 bits per heavy atom. The minimum absolute atomic E-state index is 0.0588. The largest absolute Gasteiger partial charge is 0.478 e. The third kappa shape index (κ3) is 2.54. The summed E-state index contributed by atoms with van der Waals surface area (Å²) >= 11 is 0. The highest BCUT2D eigenvalue weighted by Crippen LogP contribution is 2.16. The fourth-order valence-electron chi connectivity index (χ4n) is 1.22. The van der Waals surface area contributed by atoms with Crippen LogP contribution in [0.2, 0.25) is 0 Å². The van der Waals surface area contributed by atoms with Crippen LogP contribution in [0.1, 0.15) is 16.1 Å². The van der Waals surface area contributed by atoms with Crippen LogP contribution in [0.15, 0.2) is 30.7 Å². The zero-order valence-electron chi connectivity index (χ0n) is 8.99. The number of aryl methyl sites for hydroxylation is 1. The molecular weight excluding hydrogens is 222 g/mol. The Hall–Kier alpha value is -2.50. The van der Waals surface area contributed by atoms with Crippen LogP contribution in [0.25, 0.3) is 0 Å². The van der Waals surface area contributed by atoms with Crippen molar-refractivity contribution in [3.8, 4) is 11.8 Å². The van der Waals surface area contributed by atoms with Crippen molar-refractivity contribution in [2.24, 2.45) is 0 Å². The molecule has 6 nitrogen and oxygen atoms in total.